The van der Waals surface area contributed by atoms with E-state index in [1.165, 1.54) is 0 Å². The molecule has 9 heteroatoms. The van der Waals surface area contributed by atoms with Crippen molar-refractivity contribution in [3.8, 4) is 10.6 Å². The molecule has 170 valence electrons. The Kier molecular flexibility index (Phi) is 5.13. The van der Waals surface area contributed by atoms with Gasteiger partial charge in [0, 0.05) is 31.8 Å². The molecule has 3 aromatic rings. The molecular formula is C23H28N4O4S. The predicted molar refractivity (Wildman–Crippen MR) is 123 cm³/mol. The summed E-state index contributed by atoms with van der Waals surface area (Å²) in [6.07, 6.45) is 2.47. The van der Waals surface area contributed by atoms with E-state index in [1.807, 2.05) is 44.0 Å². The van der Waals surface area contributed by atoms with Crippen molar-refractivity contribution in [2.45, 2.75) is 57.9 Å². The lowest BCUT2D eigenvalue weighted by atomic mass is 9.88. The normalized spacial score (nSPS) is 21.5. The molecule has 6 rings (SSSR count). The molecule has 2 aromatic heterocycles. The molecular weight excluding hydrogens is 428 g/mol. The zero-order valence-corrected chi connectivity index (χ0v) is 19.8. The molecule has 3 aliphatic rings. The summed E-state index contributed by atoms with van der Waals surface area (Å²) >= 11 is 1.57. The third-order valence-corrected chi connectivity index (χ3v) is 6.86. The van der Waals surface area contributed by atoms with Gasteiger partial charge in [-0.2, -0.15) is 4.98 Å². The number of hydrogen-bond donors (Lipinski definition) is 0. The maximum Gasteiger partial charge on any atom is 0.410 e. The summed E-state index contributed by atoms with van der Waals surface area (Å²) in [5.74, 6) is 0. The fraction of sp³-hybridized carbons (Fsp3) is 0.522. The van der Waals surface area contributed by atoms with Crippen LogP contribution in [0.5, 0.6) is 0 Å². The maximum absolute atomic E-state index is 12.6. The molecule has 5 heterocycles. The van der Waals surface area contributed by atoms with Crippen LogP contribution in [-0.4, -0.2) is 58.8 Å². The number of anilines is 1. The van der Waals surface area contributed by atoms with Gasteiger partial charge in [-0.1, -0.05) is 0 Å². The van der Waals surface area contributed by atoms with Crippen LogP contribution in [-0.2, 0) is 9.47 Å². The lowest BCUT2D eigenvalue weighted by Crippen LogP contribution is -2.70. The first kappa shape index (κ1) is 21.2. The van der Waals surface area contributed by atoms with Crippen LogP contribution < -0.4 is 4.90 Å². The number of amides is 1. The highest BCUT2D eigenvalue weighted by molar-refractivity contribution is 7.13. The number of thiazole rings is 1. The van der Waals surface area contributed by atoms with Crippen LogP contribution in [0.15, 0.2) is 28.1 Å². The third kappa shape index (κ3) is 3.73. The number of benzene rings is 1. The zero-order chi connectivity index (χ0) is 22.6. The van der Waals surface area contributed by atoms with Crippen molar-refractivity contribution in [1.29, 1.82) is 0 Å². The smallest absolute Gasteiger partial charge is 0.410 e. The minimum Gasteiger partial charge on any atom is -0.444 e. The quantitative estimate of drug-likeness (QED) is 0.555. The second-order valence-electron chi connectivity index (χ2n) is 9.46. The van der Waals surface area contributed by atoms with E-state index in [9.17, 15) is 4.79 Å². The predicted octanol–water partition coefficient (Wildman–Crippen LogP) is 4.86. The molecule has 0 N–H and O–H groups in total. The van der Waals surface area contributed by atoms with Crippen LogP contribution in [0.25, 0.3) is 21.7 Å². The molecule has 1 amide bonds. The van der Waals surface area contributed by atoms with Gasteiger partial charge in [0.2, 0.25) is 0 Å². The molecule has 3 saturated heterocycles. The van der Waals surface area contributed by atoms with Crippen molar-refractivity contribution in [2.75, 3.05) is 25.1 Å². The van der Waals surface area contributed by atoms with Gasteiger partial charge in [0.1, 0.15) is 16.1 Å². The lowest BCUT2D eigenvalue weighted by molar-refractivity contribution is -0.0386. The van der Waals surface area contributed by atoms with E-state index in [0.717, 1.165) is 33.7 Å². The molecule has 0 spiro atoms. The SMILES string of the molecule is COC(C)c1cc(-c2nccs2)c2oc(N3CC4CC(C3)N4C(=O)OC(C)(C)C)nc2c1. The first-order valence-electron chi connectivity index (χ1n) is 10.9. The number of fused-ring (bicyclic) bond motifs is 3. The highest BCUT2D eigenvalue weighted by atomic mass is 32.1. The first-order chi connectivity index (χ1) is 15.2. The van der Waals surface area contributed by atoms with Crippen LogP contribution in [0, 0.1) is 0 Å². The molecule has 1 aromatic carbocycles. The van der Waals surface area contributed by atoms with Gasteiger partial charge in [-0.05, 0) is 51.8 Å². The molecule has 0 radical (unpaired) electrons. The number of carbonyl (C=O) groups excluding carboxylic acids is 1. The van der Waals surface area contributed by atoms with Gasteiger partial charge in [-0.15, -0.1) is 11.3 Å². The molecule has 2 bridgehead atoms. The topological polar surface area (TPSA) is 80.9 Å². The summed E-state index contributed by atoms with van der Waals surface area (Å²) < 4.78 is 17.4. The molecule has 32 heavy (non-hydrogen) atoms. The van der Waals surface area contributed by atoms with Gasteiger partial charge in [0.15, 0.2) is 5.58 Å². The van der Waals surface area contributed by atoms with Crippen molar-refractivity contribution < 1.29 is 18.7 Å². The van der Waals surface area contributed by atoms with Gasteiger partial charge in [-0.25, -0.2) is 9.78 Å². The van der Waals surface area contributed by atoms with Crippen molar-refractivity contribution >= 4 is 34.5 Å². The number of aromatic nitrogens is 2. The minimum atomic E-state index is -0.496. The first-order valence-corrected chi connectivity index (χ1v) is 11.7. The molecule has 8 nitrogen and oxygen atoms in total. The molecule has 3 atom stereocenters. The van der Waals surface area contributed by atoms with Gasteiger partial charge in [-0.3, -0.25) is 4.90 Å². The Balaban J connectivity index is 1.43. The van der Waals surface area contributed by atoms with Crippen LogP contribution in [0.2, 0.25) is 0 Å². The van der Waals surface area contributed by atoms with E-state index in [0.29, 0.717) is 19.1 Å². The number of ether oxygens (including phenoxy) is 2. The number of nitrogens with zero attached hydrogens (tertiary/aromatic N) is 4. The van der Waals surface area contributed by atoms with E-state index in [4.69, 9.17) is 18.9 Å². The van der Waals surface area contributed by atoms with E-state index in [2.05, 4.69) is 16.0 Å². The number of methoxy groups -OCH3 is 1. The second-order valence-corrected chi connectivity index (χ2v) is 10.4. The number of piperidine rings is 1. The number of piperazine rings is 1. The molecule has 3 unspecified atom stereocenters. The fourth-order valence-corrected chi connectivity index (χ4v) is 5.09. The van der Waals surface area contributed by atoms with Crippen LogP contribution in [0.1, 0.15) is 45.8 Å². The summed E-state index contributed by atoms with van der Waals surface area (Å²) in [4.78, 5) is 25.9. The van der Waals surface area contributed by atoms with Crippen molar-refractivity contribution in [3.63, 3.8) is 0 Å². The summed E-state index contributed by atoms with van der Waals surface area (Å²) in [5.41, 5.74) is 2.97. The lowest BCUT2D eigenvalue weighted by Gasteiger charge is -2.55. The van der Waals surface area contributed by atoms with Gasteiger partial charge < -0.3 is 18.8 Å². The van der Waals surface area contributed by atoms with Gasteiger partial charge in [0.05, 0.1) is 23.8 Å². The Morgan fingerprint density at radius 3 is 2.66 bits per heavy atom. The van der Waals surface area contributed by atoms with Crippen LogP contribution in [0.4, 0.5) is 10.8 Å². The Bertz CT molecular complexity index is 1130. The number of oxazole rings is 1. The zero-order valence-electron chi connectivity index (χ0n) is 19.0. The van der Waals surface area contributed by atoms with E-state index >= 15 is 0 Å². The summed E-state index contributed by atoms with van der Waals surface area (Å²) in [6, 6.07) is 4.90. The Hall–Kier alpha value is -2.65. The average molecular weight is 457 g/mol. The highest BCUT2D eigenvalue weighted by Crippen LogP contribution is 2.39. The van der Waals surface area contributed by atoms with Crippen molar-refractivity contribution in [2.24, 2.45) is 0 Å². The Morgan fingerprint density at radius 1 is 1.28 bits per heavy atom. The number of carbonyl (C=O) groups is 1. The van der Waals surface area contributed by atoms with Crippen molar-refractivity contribution in [1.82, 2.24) is 14.9 Å². The standard InChI is InChI=1S/C23H28N4O4S/c1-13(29-5)14-8-17(20-24-6-7-32-20)19-18(9-14)25-21(30-19)26-11-15-10-16(12-26)27(15)22(28)31-23(2,3)4/h6-9,13,15-16H,10-12H2,1-5H3. The van der Waals surface area contributed by atoms with Gasteiger partial charge in [0.25, 0.3) is 6.01 Å². The van der Waals surface area contributed by atoms with Gasteiger partial charge >= 0.3 is 6.09 Å². The van der Waals surface area contributed by atoms with Crippen molar-refractivity contribution in [3.05, 3.63) is 29.3 Å². The third-order valence-electron chi connectivity index (χ3n) is 6.05. The summed E-state index contributed by atoms with van der Waals surface area (Å²) in [5, 5.41) is 2.84. The number of rotatable bonds is 4. The van der Waals surface area contributed by atoms with Crippen LogP contribution >= 0.6 is 11.3 Å². The molecule has 0 aliphatic carbocycles. The molecule has 3 aliphatic heterocycles. The molecule has 0 saturated carbocycles. The fourth-order valence-electron chi connectivity index (χ4n) is 4.44. The maximum atomic E-state index is 12.6. The second kappa shape index (κ2) is 7.74. The summed E-state index contributed by atoms with van der Waals surface area (Å²) in [6.45, 7) is 9.04. The highest BCUT2D eigenvalue weighted by Gasteiger charge is 2.49. The van der Waals surface area contributed by atoms with E-state index in [1.54, 1.807) is 24.6 Å². The Labute approximate surface area is 191 Å². The average Bonchev–Trinajstić information content (AvgIpc) is 3.41. The number of hydrogen-bond acceptors (Lipinski definition) is 8. The largest absolute Gasteiger partial charge is 0.444 e. The minimum absolute atomic E-state index is 0.0664. The van der Waals surface area contributed by atoms with E-state index < -0.39 is 5.60 Å². The van der Waals surface area contributed by atoms with E-state index in [-0.39, 0.29) is 24.3 Å². The Morgan fingerprint density at radius 2 is 2.03 bits per heavy atom. The van der Waals surface area contributed by atoms with Crippen LogP contribution in [0.3, 0.4) is 0 Å². The molecule has 3 fully saturated rings. The summed E-state index contributed by atoms with van der Waals surface area (Å²) in [7, 11) is 1.70. The monoisotopic (exact) mass is 456 g/mol.